The van der Waals surface area contributed by atoms with Crippen molar-refractivity contribution in [3.63, 3.8) is 0 Å². The van der Waals surface area contributed by atoms with Gasteiger partial charge < -0.3 is 14.8 Å². The number of aliphatic hydroxyl groups is 1. The minimum Gasteiger partial charge on any atom is -0.454 e. The molecule has 5 rings (SSSR count). The van der Waals surface area contributed by atoms with Gasteiger partial charge in [0.1, 0.15) is 17.1 Å². The van der Waals surface area contributed by atoms with Crippen molar-refractivity contribution >= 4 is 22.4 Å². The average molecular weight is 334 g/mol. The molecule has 6 nitrogen and oxygen atoms in total. The molecule has 0 unspecified atom stereocenters. The van der Waals surface area contributed by atoms with Gasteiger partial charge >= 0.3 is 0 Å². The topological polar surface area (TPSA) is 75.6 Å². The molecule has 0 spiro atoms. The van der Waals surface area contributed by atoms with Crippen LogP contribution in [0.4, 0.5) is 5.82 Å². The molecule has 0 bridgehead atoms. The monoisotopic (exact) mass is 334 g/mol. The fourth-order valence-corrected chi connectivity index (χ4v) is 3.10. The van der Waals surface area contributed by atoms with Crippen LogP contribution in [0.15, 0.2) is 53.1 Å². The van der Waals surface area contributed by atoms with Crippen molar-refractivity contribution < 1.29 is 9.52 Å². The predicted molar refractivity (Wildman–Crippen MR) is 95.4 cm³/mol. The Balaban J connectivity index is 1.48. The van der Waals surface area contributed by atoms with Gasteiger partial charge in [0.2, 0.25) is 0 Å². The van der Waals surface area contributed by atoms with Crippen LogP contribution in [0.3, 0.4) is 0 Å². The Kier molecular flexibility index (Phi) is 3.24. The summed E-state index contributed by atoms with van der Waals surface area (Å²) < 4.78 is 7.70. The molecule has 0 amide bonds. The zero-order chi connectivity index (χ0) is 16.8. The molecular formula is C19H18N4O2. The summed E-state index contributed by atoms with van der Waals surface area (Å²) in [5.41, 5.74) is 2.40. The van der Waals surface area contributed by atoms with E-state index in [2.05, 4.69) is 15.4 Å². The molecule has 1 aliphatic rings. The van der Waals surface area contributed by atoms with Crippen LogP contribution < -0.4 is 5.32 Å². The fraction of sp³-hybridized carbons (Fsp3) is 0.263. The second-order valence-corrected chi connectivity index (χ2v) is 6.57. The Morgan fingerprint density at radius 2 is 2.12 bits per heavy atom. The summed E-state index contributed by atoms with van der Waals surface area (Å²) >= 11 is 0. The summed E-state index contributed by atoms with van der Waals surface area (Å²) in [6.07, 6.45) is 3.69. The van der Waals surface area contributed by atoms with Crippen molar-refractivity contribution in [2.45, 2.75) is 18.9 Å². The summed E-state index contributed by atoms with van der Waals surface area (Å²) in [4.78, 5) is 4.40. The number of nitrogens with zero attached hydrogens (tertiary/aromatic N) is 3. The van der Waals surface area contributed by atoms with E-state index >= 15 is 0 Å². The van der Waals surface area contributed by atoms with E-state index in [1.807, 2.05) is 42.5 Å². The van der Waals surface area contributed by atoms with E-state index in [4.69, 9.17) is 4.42 Å². The summed E-state index contributed by atoms with van der Waals surface area (Å²) in [5.74, 6) is 1.88. The lowest BCUT2D eigenvalue weighted by Crippen LogP contribution is -2.22. The lowest BCUT2D eigenvalue weighted by Gasteiger charge is -2.11. The highest BCUT2D eigenvalue weighted by atomic mass is 16.3. The third-order valence-corrected chi connectivity index (χ3v) is 4.70. The third kappa shape index (κ3) is 2.64. The first-order valence-electron chi connectivity index (χ1n) is 8.53. The van der Waals surface area contributed by atoms with Crippen LogP contribution in [0.2, 0.25) is 0 Å². The van der Waals surface area contributed by atoms with Gasteiger partial charge in [-0.15, -0.1) is 5.10 Å². The molecule has 3 aromatic heterocycles. The Morgan fingerprint density at radius 1 is 1.24 bits per heavy atom. The highest BCUT2D eigenvalue weighted by Gasteiger charge is 2.29. The number of hydrogen-bond donors (Lipinski definition) is 2. The van der Waals surface area contributed by atoms with E-state index in [0.29, 0.717) is 18.3 Å². The van der Waals surface area contributed by atoms with Gasteiger partial charge in [0.15, 0.2) is 11.4 Å². The van der Waals surface area contributed by atoms with E-state index < -0.39 is 0 Å². The van der Waals surface area contributed by atoms with E-state index in [-0.39, 0.29) is 6.10 Å². The molecule has 126 valence electrons. The van der Waals surface area contributed by atoms with Crippen LogP contribution >= 0.6 is 0 Å². The maximum atomic E-state index is 10.0. The standard InChI is InChI=1S/C19H18N4O2/c24-15(12-5-6-12)11-20-18-7-8-19-21-10-14(23(19)22-18)17-9-13-3-1-2-4-16(13)25-17/h1-4,7-10,12,15,24H,5-6,11H2,(H,20,22)/t15-/m1/s1. The van der Waals surface area contributed by atoms with E-state index in [9.17, 15) is 5.11 Å². The van der Waals surface area contributed by atoms with Gasteiger partial charge in [-0.3, -0.25) is 0 Å². The highest BCUT2D eigenvalue weighted by molar-refractivity contribution is 5.82. The number of nitrogens with one attached hydrogen (secondary N) is 1. The Bertz CT molecular complexity index is 1010. The average Bonchev–Trinajstić information content (AvgIpc) is 3.27. The lowest BCUT2D eigenvalue weighted by molar-refractivity contribution is 0.164. The Labute approximate surface area is 144 Å². The van der Waals surface area contributed by atoms with E-state index in [0.717, 1.165) is 40.9 Å². The number of imidazole rings is 1. The van der Waals surface area contributed by atoms with Gasteiger partial charge in [-0.05, 0) is 43.0 Å². The molecule has 0 saturated heterocycles. The first-order valence-corrected chi connectivity index (χ1v) is 8.53. The Morgan fingerprint density at radius 3 is 2.96 bits per heavy atom. The normalized spacial score (nSPS) is 15.7. The first-order chi connectivity index (χ1) is 12.3. The molecule has 2 N–H and O–H groups in total. The van der Waals surface area contributed by atoms with Crippen LogP contribution in [-0.4, -0.2) is 32.4 Å². The molecule has 1 aromatic carbocycles. The summed E-state index contributed by atoms with van der Waals surface area (Å²) in [6.45, 7) is 0.512. The lowest BCUT2D eigenvalue weighted by atomic mass is 10.2. The zero-order valence-corrected chi connectivity index (χ0v) is 13.6. The minimum atomic E-state index is -0.310. The first kappa shape index (κ1) is 14.5. The SMILES string of the molecule is O[C@H](CNc1ccc2ncc(-c3cc4ccccc4o3)n2n1)C1CC1. The molecule has 1 atom stereocenters. The molecule has 6 heteroatoms. The largest absolute Gasteiger partial charge is 0.454 e. The second kappa shape index (κ2) is 5.60. The number of aromatic nitrogens is 3. The maximum absolute atomic E-state index is 10.0. The number of anilines is 1. The van der Waals surface area contributed by atoms with Crippen LogP contribution in [0.1, 0.15) is 12.8 Å². The van der Waals surface area contributed by atoms with Crippen molar-refractivity contribution in [1.29, 1.82) is 0 Å². The molecule has 0 radical (unpaired) electrons. The predicted octanol–water partition coefficient (Wildman–Crippen LogP) is 3.33. The molecule has 1 fully saturated rings. The number of furan rings is 1. The fourth-order valence-electron chi connectivity index (χ4n) is 3.10. The van der Waals surface area contributed by atoms with Crippen molar-refractivity contribution in [3.05, 3.63) is 48.7 Å². The number of fused-ring (bicyclic) bond motifs is 2. The quantitative estimate of drug-likeness (QED) is 0.585. The van der Waals surface area contributed by atoms with Crippen molar-refractivity contribution in [2.24, 2.45) is 5.92 Å². The zero-order valence-electron chi connectivity index (χ0n) is 13.6. The van der Waals surface area contributed by atoms with Crippen LogP contribution in [-0.2, 0) is 0 Å². The molecule has 0 aliphatic heterocycles. The van der Waals surface area contributed by atoms with Crippen LogP contribution in [0.25, 0.3) is 28.1 Å². The van der Waals surface area contributed by atoms with Crippen molar-refractivity contribution in [3.8, 4) is 11.5 Å². The number of hydrogen-bond acceptors (Lipinski definition) is 5. The summed E-state index contributed by atoms with van der Waals surface area (Å²) in [5, 5.41) is 18.9. The number of benzene rings is 1. The van der Waals surface area contributed by atoms with Crippen LogP contribution in [0, 0.1) is 5.92 Å². The Hall–Kier alpha value is -2.86. The van der Waals surface area contributed by atoms with Gasteiger partial charge in [-0.25, -0.2) is 9.50 Å². The number of para-hydroxylation sites is 1. The van der Waals surface area contributed by atoms with E-state index in [1.165, 1.54) is 0 Å². The number of rotatable bonds is 5. The maximum Gasteiger partial charge on any atom is 0.155 e. The summed E-state index contributed by atoms with van der Waals surface area (Å²) in [6, 6.07) is 13.7. The molecule has 3 heterocycles. The van der Waals surface area contributed by atoms with Gasteiger partial charge in [-0.1, -0.05) is 18.2 Å². The molecule has 1 saturated carbocycles. The molecule has 25 heavy (non-hydrogen) atoms. The van der Waals surface area contributed by atoms with Crippen molar-refractivity contribution in [2.75, 3.05) is 11.9 Å². The third-order valence-electron chi connectivity index (χ3n) is 4.70. The van der Waals surface area contributed by atoms with E-state index in [1.54, 1.807) is 10.7 Å². The minimum absolute atomic E-state index is 0.310. The van der Waals surface area contributed by atoms with Crippen LogP contribution in [0.5, 0.6) is 0 Å². The highest BCUT2D eigenvalue weighted by Crippen LogP contribution is 2.32. The number of aliphatic hydroxyl groups excluding tert-OH is 1. The summed E-state index contributed by atoms with van der Waals surface area (Å²) in [7, 11) is 0. The second-order valence-electron chi connectivity index (χ2n) is 6.57. The molecular weight excluding hydrogens is 316 g/mol. The molecule has 1 aliphatic carbocycles. The van der Waals surface area contributed by atoms with Gasteiger partial charge in [-0.2, -0.15) is 0 Å². The van der Waals surface area contributed by atoms with Crippen molar-refractivity contribution in [1.82, 2.24) is 14.6 Å². The van der Waals surface area contributed by atoms with Gasteiger partial charge in [0.25, 0.3) is 0 Å². The van der Waals surface area contributed by atoms with Gasteiger partial charge in [0, 0.05) is 11.9 Å². The smallest absolute Gasteiger partial charge is 0.155 e. The molecule has 4 aromatic rings. The van der Waals surface area contributed by atoms with Gasteiger partial charge in [0.05, 0.1) is 12.3 Å².